The van der Waals surface area contributed by atoms with E-state index in [0.29, 0.717) is 13.1 Å². The summed E-state index contributed by atoms with van der Waals surface area (Å²) in [4.78, 5) is 37.9. The summed E-state index contributed by atoms with van der Waals surface area (Å²) in [6.45, 7) is 3.51. The smallest absolute Gasteiger partial charge is 0.318 e. The second-order valence-corrected chi connectivity index (χ2v) is 6.63. The number of urea groups is 1. The van der Waals surface area contributed by atoms with Gasteiger partial charge < -0.3 is 11.1 Å². The van der Waals surface area contributed by atoms with E-state index in [4.69, 9.17) is 5.73 Å². The second kappa shape index (κ2) is 7.37. The Morgan fingerprint density at radius 3 is 2.55 bits per heavy atom. The molecule has 120 valence electrons. The molecule has 7 nitrogen and oxygen atoms in total. The van der Waals surface area contributed by atoms with Crippen LogP contribution in [0.5, 0.6) is 0 Å². The van der Waals surface area contributed by atoms with Crippen molar-refractivity contribution in [1.29, 1.82) is 0 Å². The molecule has 4 amide bonds. The highest BCUT2D eigenvalue weighted by Crippen LogP contribution is 2.16. The Kier molecular flexibility index (Phi) is 5.51. The molecule has 2 heterocycles. The van der Waals surface area contributed by atoms with E-state index >= 15 is 0 Å². The van der Waals surface area contributed by atoms with Crippen molar-refractivity contribution < 1.29 is 14.4 Å². The molecule has 0 saturated carbocycles. The highest BCUT2D eigenvalue weighted by atomic mass is 32.1. The number of rotatable bonds is 4. The molecular weight excluding hydrogens is 304 g/mol. The molecular formula is C14H20N4O3S. The molecule has 0 atom stereocenters. The van der Waals surface area contributed by atoms with Gasteiger partial charge in [0.2, 0.25) is 5.91 Å². The van der Waals surface area contributed by atoms with Crippen LogP contribution >= 0.6 is 11.3 Å². The van der Waals surface area contributed by atoms with Gasteiger partial charge in [-0.15, -0.1) is 11.3 Å². The predicted octanol–water partition coefficient (Wildman–Crippen LogP) is 0.446. The molecule has 4 N–H and O–H groups in total. The van der Waals surface area contributed by atoms with E-state index < -0.39 is 11.9 Å². The number of hydrogen-bond donors (Lipinski definition) is 3. The van der Waals surface area contributed by atoms with Gasteiger partial charge in [-0.25, -0.2) is 4.79 Å². The van der Waals surface area contributed by atoms with E-state index in [9.17, 15) is 14.4 Å². The normalized spacial score (nSPS) is 16.2. The number of nitrogens with two attached hydrogens (primary N) is 1. The van der Waals surface area contributed by atoms with Crippen molar-refractivity contribution in [2.24, 2.45) is 5.73 Å². The van der Waals surface area contributed by atoms with Crippen LogP contribution in [0.15, 0.2) is 12.1 Å². The molecule has 22 heavy (non-hydrogen) atoms. The van der Waals surface area contributed by atoms with Crippen LogP contribution < -0.4 is 16.4 Å². The molecule has 8 heteroatoms. The summed E-state index contributed by atoms with van der Waals surface area (Å²) >= 11 is 1.48. The molecule has 0 spiro atoms. The Labute approximate surface area is 132 Å². The number of thiophene rings is 1. The monoisotopic (exact) mass is 324 g/mol. The van der Waals surface area contributed by atoms with Crippen LogP contribution in [-0.4, -0.2) is 48.4 Å². The van der Waals surface area contributed by atoms with Crippen LogP contribution in [0.1, 0.15) is 27.4 Å². The van der Waals surface area contributed by atoms with E-state index in [-0.39, 0.29) is 18.5 Å². The molecule has 0 unspecified atom stereocenters. The first-order valence-corrected chi connectivity index (χ1v) is 7.94. The lowest BCUT2D eigenvalue weighted by Gasteiger charge is -2.31. The zero-order valence-electron chi connectivity index (χ0n) is 12.4. The minimum atomic E-state index is -0.835. The van der Waals surface area contributed by atoms with Crippen LogP contribution in [0.3, 0.4) is 0 Å². The van der Waals surface area contributed by atoms with Crippen LogP contribution in [0.25, 0.3) is 0 Å². The lowest BCUT2D eigenvalue weighted by atomic mass is 10.0. The zero-order chi connectivity index (χ0) is 16.1. The number of likely N-dealkylation sites (tertiary alicyclic amines) is 1. The van der Waals surface area contributed by atoms with Gasteiger partial charge in [-0.05, 0) is 31.9 Å². The van der Waals surface area contributed by atoms with Crippen molar-refractivity contribution in [3.8, 4) is 0 Å². The summed E-state index contributed by atoms with van der Waals surface area (Å²) < 4.78 is 0. The molecule has 0 aromatic carbocycles. The number of carbonyl (C=O) groups is 3. The Bertz CT molecular complexity index is 564. The maximum atomic E-state index is 12.1. The van der Waals surface area contributed by atoms with Gasteiger partial charge in [-0.2, -0.15) is 0 Å². The molecule has 0 radical (unpaired) electrons. The Hall–Kier alpha value is -1.93. The van der Waals surface area contributed by atoms with Gasteiger partial charge in [-0.3, -0.25) is 19.8 Å². The number of piperidine rings is 1. The minimum Gasteiger partial charge on any atom is -0.351 e. The minimum absolute atomic E-state index is 0.0389. The Morgan fingerprint density at radius 2 is 2.00 bits per heavy atom. The maximum absolute atomic E-state index is 12.1. The van der Waals surface area contributed by atoms with E-state index in [0.717, 1.165) is 22.6 Å². The largest absolute Gasteiger partial charge is 0.351 e. The summed E-state index contributed by atoms with van der Waals surface area (Å²) in [5.74, 6) is -0.438. The summed E-state index contributed by atoms with van der Waals surface area (Å²) in [5, 5.41) is 5.07. The number of imide groups is 1. The number of nitrogens with zero attached hydrogens (tertiary/aromatic N) is 1. The molecule has 1 aliphatic rings. The molecule has 1 aromatic rings. The number of carbonyl (C=O) groups excluding carboxylic acids is 3. The van der Waals surface area contributed by atoms with Crippen LogP contribution in [0.4, 0.5) is 4.79 Å². The molecule has 1 aliphatic heterocycles. The van der Waals surface area contributed by atoms with Crippen molar-refractivity contribution in [3.05, 3.63) is 21.9 Å². The van der Waals surface area contributed by atoms with Crippen molar-refractivity contribution in [1.82, 2.24) is 15.5 Å². The number of primary amides is 1. The third kappa shape index (κ3) is 4.81. The van der Waals surface area contributed by atoms with E-state index in [1.54, 1.807) is 0 Å². The van der Waals surface area contributed by atoms with E-state index in [1.165, 1.54) is 11.3 Å². The number of hydrogen-bond acceptors (Lipinski definition) is 5. The molecule has 0 bridgehead atoms. The Balaban J connectivity index is 1.74. The summed E-state index contributed by atoms with van der Waals surface area (Å²) in [6, 6.07) is 3.04. The standard InChI is InChI=1S/C14H20N4O3S/c1-9-2-3-11(22-9)13(20)16-10-4-6-18(7-5-10)8-12(19)17-14(15)21/h2-3,10H,4-8H2,1H3,(H,16,20)(H3,15,17,19,21). The fraction of sp³-hybridized carbons (Fsp3) is 0.500. The lowest BCUT2D eigenvalue weighted by Crippen LogP contribution is -2.48. The zero-order valence-corrected chi connectivity index (χ0v) is 13.2. The average Bonchev–Trinajstić information content (AvgIpc) is 2.87. The summed E-state index contributed by atoms with van der Waals surface area (Å²) in [6.07, 6.45) is 1.56. The second-order valence-electron chi connectivity index (χ2n) is 5.35. The first-order chi connectivity index (χ1) is 10.4. The molecule has 1 fully saturated rings. The van der Waals surface area contributed by atoms with Gasteiger partial charge in [-0.1, -0.05) is 0 Å². The van der Waals surface area contributed by atoms with Crippen molar-refractivity contribution in [2.45, 2.75) is 25.8 Å². The summed E-state index contributed by atoms with van der Waals surface area (Å²) in [7, 11) is 0. The van der Waals surface area contributed by atoms with Crippen molar-refractivity contribution in [2.75, 3.05) is 19.6 Å². The summed E-state index contributed by atoms with van der Waals surface area (Å²) in [5.41, 5.74) is 4.90. The highest BCUT2D eigenvalue weighted by Gasteiger charge is 2.23. The van der Waals surface area contributed by atoms with Gasteiger partial charge >= 0.3 is 6.03 Å². The number of nitrogens with one attached hydrogen (secondary N) is 2. The topological polar surface area (TPSA) is 105 Å². The maximum Gasteiger partial charge on any atom is 0.318 e. The third-order valence-corrected chi connectivity index (χ3v) is 4.52. The third-order valence-electron chi connectivity index (χ3n) is 3.52. The fourth-order valence-electron chi connectivity index (χ4n) is 2.43. The van der Waals surface area contributed by atoms with Crippen LogP contribution in [0, 0.1) is 6.92 Å². The quantitative estimate of drug-likeness (QED) is 0.747. The predicted molar refractivity (Wildman–Crippen MR) is 83.7 cm³/mol. The van der Waals surface area contributed by atoms with Gasteiger partial charge in [0.15, 0.2) is 0 Å². The molecule has 0 aliphatic carbocycles. The lowest BCUT2D eigenvalue weighted by molar-refractivity contribution is -0.121. The van der Waals surface area contributed by atoms with Gasteiger partial charge in [0.25, 0.3) is 5.91 Å². The number of amides is 4. The van der Waals surface area contributed by atoms with Crippen molar-refractivity contribution >= 4 is 29.2 Å². The van der Waals surface area contributed by atoms with Gasteiger partial charge in [0.05, 0.1) is 11.4 Å². The molecule has 1 saturated heterocycles. The fourth-order valence-corrected chi connectivity index (χ4v) is 3.20. The first kappa shape index (κ1) is 16.4. The average molecular weight is 324 g/mol. The van der Waals surface area contributed by atoms with Gasteiger partial charge in [0, 0.05) is 24.0 Å². The van der Waals surface area contributed by atoms with Crippen molar-refractivity contribution in [3.63, 3.8) is 0 Å². The Morgan fingerprint density at radius 1 is 1.32 bits per heavy atom. The molecule has 1 aromatic heterocycles. The molecule has 2 rings (SSSR count). The van der Waals surface area contributed by atoms with Crippen LogP contribution in [-0.2, 0) is 4.79 Å². The number of aryl methyl sites for hydroxylation is 1. The van der Waals surface area contributed by atoms with Gasteiger partial charge in [0.1, 0.15) is 0 Å². The van der Waals surface area contributed by atoms with Crippen LogP contribution in [0.2, 0.25) is 0 Å². The SMILES string of the molecule is Cc1ccc(C(=O)NC2CCN(CC(=O)NC(N)=O)CC2)s1. The van der Waals surface area contributed by atoms with E-state index in [1.807, 2.05) is 29.3 Å². The first-order valence-electron chi connectivity index (χ1n) is 7.13. The van der Waals surface area contributed by atoms with E-state index in [2.05, 4.69) is 5.32 Å². The highest BCUT2D eigenvalue weighted by molar-refractivity contribution is 7.13.